The number of aromatic nitrogens is 1. The summed E-state index contributed by atoms with van der Waals surface area (Å²) in [5.74, 6) is -0.709. The lowest BCUT2D eigenvalue weighted by molar-refractivity contribution is -0.142. The van der Waals surface area contributed by atoms with Crippen LogP contribution in [-0.2, 0) is 9.59 Å². The zero-order valence-electron chi connectivity index (χ0n) is 24.4. The van der Waals surface area contributed by atoms with Crippen LogP contribution in [0.3, 0.4) is 0 Å². The van der Waals surface area contributed by atoms with Crippen LogP contribution < -0.4 is 10.6 Å². The lowest BCUT2D eigenvalue weighted by Crippen LogP contribution is -2.32. The van der Waals surface area contributed by atoms with Crippen LogP contribution in [-0.4, -0.2) is 53.0 Å². The number of hydrogen-bond acceptors (Lipinski definition) is 6. The zero-order chi connectivity index (χ0) is 28.8. The number of nitrogens with zero attached hydrogens (tertiary/aromatic N) is 2. The summed E-state index contributed by atoms with van der Waals surface area (Å²) in [6.45, 7) is 11.1. The van der Waals surface area contributed by atoms with Gasteiger partial charge in [0.25, 0.3) is 6.01 Å². The minimum absolute atomic E-state index is 0.0837. The molecule has 3 aromatic rings. The van der Waals surface area contributed by atoms with Gasteiger partial charge in [0.05, 0.1) is 5.92 Å². The van der Waals surface area contributed by atoms with Crippen LogP contribution in [0.15, 0.2) is 46.9 Å². The standard InChI is InChI=1S/C15H14N2O.C8H15NO2.C6H11NO.C2H6/c1-10-7-8-13-14(9-10)18-15(17-13)16-12-6-4-3-5-11(12)2;1-9-7-4-2-6(3-5-7)8(10)11;1-6-3-2-4-7(6)5-8;1-2/h3-9H,1-2H3,(H,16,17);6-7,9H,2-5H2,1H3,(H,10,11);5-6H,2-4H2,1H3;1-2H3. The van der Waals surface area contributed by atoms with E-state index < -0.39 is 5.97 Å². The van der Waals surface area contributed by atoms with Gasteiger partial charge in [-0.2, -0.15) is 4.98 Å². The number of nitrogens with one attached hydrogen (secondary N) is 2. The van der Waals surface area contributed by atoms with Crippen molar-refractivity contribution in [2.75, 3.05) is 18.9 Å². The molecular formula is C31H46N4O4. The van der Waals surface area contributed by atoms with Crippen molar-refractivity contribution in [3.8, 4) is 0 Å². The number of aryl methyl sites for hydroxylation is 2. The normalized spacial score (nSPS) is 19.9. The number of carbonyl (C=O) groups excluding carboxylic acids is 1. The second kappa shape index (κ2) is 16.5. The van der Waals surface area contributed by atoms with Crippen molar-refractivity contribution in [1.29, 1.82) is 0 Å². The summed E-state index contributed by atoms with van der Waals surface area (Å²) in [5.41, 5.74) is 5.03. The molecule has 1 saturated heterocycles. The fraction of sp³-hybridized carbons (Fsp3) is 0.516. The number of anilines is 2. The predicted molar refractivity (Wildman–Crippen MR) is 158 cm³/mol. The van der Waals surface area contributed by atoms with Crippen LogP contribution in [0.5, 0.6) is 0 Å². The van der Waals surface area contributed by atoms with Crippen molar-refractivity contribution in [3.63, 3.8) is 0 Å². The van der Waals surface area contributed by atoms with Crippen LogP contribution in [0.1, 0.15) is 70.4 Å². The first-order valence-corrected chi connectivity index (χ1v) is 14.1. The van der Waals surface area contributed by atoms with Crippen LogP contribution in [0.25, 0.3) is 11.1 Å². The molecule has 8 heteroatoms. The summed E-state index contributed by atoms with van der Waals surface area (Å²) in [6.07, 6.45) is 6.99. The summed E-state index contributed by atoms with van der Waals surface area (Å²) in [4.78, 5) is 26.9. The Morgan fingerprint density at radius 3 is 2.31 bits per heavy atom. The SMILES string of the molecule is CC.CC1CCCN1C=O.CNC1CCC(C(=O)O)CC1.Cc1ccc2nc(Nc3ccccc3C)oc2c1. The van der Waals surface area contributed by atoms with E-state index >= 15 is 0 Å². The minimum atomic E-state index is -0.625. The van der Waals surface area contributed by atoms with Gasteiger partial charge in [-0.15, -0.1) is 0 Å². The molecule has 8 nitrogen and oxygen atoms in total. The number of carbonyl (C=O) groups is 2. The summed E-state index contributed by atoms with van der Waals surface area (Å²) < 4.78 is 5.69. The average Bonchev–Trinajstić information content (AvgIpc) is 3.56. The summed E-state index contributed by atoms with van der Waals surface area (Å²) >= 11 is 0. The fourth-order valence-electron chi connectivity index (χ4n) is 4.65. The summed E-state index contributed by atoms with van der Waals surface area (Å²) in [5, 5.41) is 15.1. The van der Waals surface area contributed by atoms with Crippen molar-refractivity contribution in [2.24, 2.45) is 5.92 Å². The van der Waals surface area contributed by atoms with E-state index in [9.17, 15) is 9.59 Å². The second-order valence-corrected chi connectivity index (χ2v) is 9.94. The number of rotatable bonds is 5. The Morgan fingerprint density at radius 2 is 1.77 bits per heavy atom. The van der Waals surface area contributed by atoms with Gasteiger partial charge in [-0.25, -0.2) is 0 Å². The van der Waals surface area contributed by atoms with Crippen molar-refractivity contribution >= 4 is 35.2 Å². The molecule has 1 unspecified atom stereocenters. The number of aliphatic carboxylic acids is 1. The van der Waals surface area contributed by atoms with Gasteiger partial charge in [0, 0.05) is 24.3 Å². The van der Waals surface area contributed by atoms with Gasteiger partial charge in [-0.1, -0.05) is 38.1 Å². The highest BCUT2D eigenvalue weighted by Crippen LogP contribution is 2.25. The van der Waals surface area contributed by atoms with Crippen molar-refractivity contribution < 1.29 is 19.1 Å². The van der Waals surface area contributed by atoms with Gasteiger partial charge in [-0.3, -0.25) is 9.59 Å². The van der Waals surface area contributed by atoms with Gasteiger partial charge >= 0.3 is 5.97 Å². The molecule has 2 fully saturated rings. The number of benzene rings is 2. The molecule has 2 aromatic carbocycles. The number of carboxylic acids is 1. The third-order valence-electron chi connectivity index (χ3n) is 7.16. The van der Waals surface area contributed by atoms with E-state index in [2.05, 4.69) is 35.5 Å². The van der Waals surface area contributed by atoms with Crippen molar-refractivity contribution in [2.45, 2.75) is 85.2 Å². The van der Waals surface area contributed by atoms with Crippen LogP contribution in [0, 0.1) is 19.8 Å². The molecule has 1 saturated carbocycles. The zero-order valence-corrected chi connectivity index (χ0v) is 24.4. The largest absolute Gasteiger partial charge is 0.481 e. The third kappa shape index (κ3) is 10.0. The Kier molecular flexibility index (Phi) is 13.5. The maximum atomic E-state index is 10.5. The van der Waals surface area contributed by atoms with E-state index in [1.807, 2.05) is 69.1 Å². The molecular weight excluding hydrogens is 492 g/mol. The lowest BCUT2D eigenvalue weighted by atomic mass is 9.86. The first-order chi connectivity index (χ1) is 18.8. The topological polar surface area (TPSA) is 108 Å². The molecule has 2 aliphatic rings. The maximum absolute atomic E-state index is 10.5. The van der Waals surface area contributed by atoms with E-state index in [-0.39, 0.29) is 5.92 Å². The second-order valence-electron chi connectivity index (χ2n) is 9.94. The first-order valence-electron chi connectivity index (χ1n) is 14.1. The fourth-order valence-corrected chi connectivity index (χ4v) is 4.65. The van der Waals surface area contributed by atoms with Crippen molar-refractivity contribution in [1.82, 2.24) is 15.2 Å². The molecule has 2 heterocycles. The molecule has 1 atom stereocenters. The average molecular weight is 539 g/mol. The Balaban J connectivity index is 0.000000217. The quantitative estimate of drug-likeness (QED) is 0.311. The Labute approximate surface area is 233 Å². The third-order valence-corrected chi connectivity index (χ3v) is 7.16. The van der Waals surface area contributed by atoms with E-state index in [1.165, 1.54) is 18.4 Å². The van der Waals surface area contributed by atoms with E-state index in [0.717, 1.165) is 61.0 Å². The number of para-hydroxylation sites is 1. The number of likely N-dealkylation sites (tertiary alicyclic amines) is 1. The van der Waals surface area contributed by atoms with Crippen LogP contribution >= 0.6 is 0 Å². The van der Waals surface area contributed by atoms with E-state index in [4.69, 9.17) is 9.52 Å². The molecule has 214 valence electrons. The molecule has 5 rings (SSSR count). The molecule has 0 radical (unpaired) electrons. The molecule has 1 aromatic heterocycles. The number of amides is 1. The van der Waals surface area contributed by atoms with Crippen LogP contribution in [0.4, 0.5) is 11.7 Å². The van der Waals surface area contributed by atoms with Gasteiger partial charge in [0.15, 0.2) is 5.58 Å². The molecule has 1 aliphatic heterocycles. The summed E-state index contributed by atoms with van der Waals surface area (Å²) in [7, 11) is 1.94. The Hall–Kier alpha value is -3.39. The molecule has 0 spiro atoms. The van der Waals surface area contributed by atoms with Gasteiger partial charge in [-0.05, 0) is 95.7 Å². The first kappa shape index (κ1) is 31.8. The highest BCUT2D eigenvalue weighted by molar-refractivity contribution is 5.76. The highest BCUT2D eigenvalue weighted by atomic mass is 16.4. The van der Waals surface area contributed by atoms with Gasteiger partial charge in [0.2, 0.25) is 6.41 Å². The van der Waals surface area contributed by atoms with E-state index in [1.54, 1.807) is 0 Å². The van der Waals surface area contributed by atoms with Crippen LogP contribution in [0.2, 0.25) is 0 Å². The number of hydrogen-bond donors (Lipinski definition) is 3. The lowest BCUT2D eigenvalue weighted by Gasteiger charge is -2.25. The molecule has 1 amide bonds. The number of fused-ring (bicyclic) bond motifs is 1. The minimum Gasteiger partial charge on any atom is -0.481 e. The molecule has 1 aliphatic carbocycles. The predicted octanol–water partition coefficient (Wildman–Crippen LogP) is 6.69. The summed E-state index contributed by atoms with van der Waals surface area (Å²) in [6, 6.07) is 15.6. The van der Waals surface area contributed by atoms with Gasteiger partial charge in [0.1, 0.15) is 5.52 Å². The molecule has 3 N–H and O–H groups in total. The van der Waals surface area contributed by atoms with E-state index in [0.29, 0.717) is 18.1 Å². The smallest absolute Gasteiger partial charge is 0.306 e. The number of carboxylic acid groups (broad SMARTS) is 1. The highest BCUT2D eigenvalue weighted by Gasteiger charge is 2.24. The van der Waals surface area contributed by atoms with Gasteiger partial charge < -0.3 is 25.1 Å². The molecule has 39 heavy (non-hydrogen) atoms. The maximum Gasteiger partial charge on any atom is 0.306 e. The number of oxazole rings is 1. The molecule has 0 bridgehead atoms. The Morgan fingerprint density at radius 1 is 1.08 bits per heavy atom. The Bertz CT molecular complexity index is 1150. The monoisotopic (exact) mass is 538 g/mol. The van der Waals surface area contributed by atoms with Crippen molar-refractivity contribution in [3.05, 3.63) is 53.6 Å².